The van der Waals surface area contributed by atoms with Gasteiger partial charge in [-0.15, -0.1) is 0 Å². The molecule has 0 aliphatic carbocycles. The lowest BCUT2D eigenvalue weighted by atomic mass is 9.83. The highest BCUT2D eigenvalue weighted by atomic mass is 19.3. The van der Waals surface area contributed by atoms with Crippen molar-refractivity contribution in [2.75, 3.05) is 36.5 Å². The Morgan fingerprint density at radius 2 is 1.81 bits per heavy atom. The van der Waals surface area contributed by atoms with Crippen molar-refractivity contribution >= 4 is 23.2 Å². The Balaban J connectivity index is 0.00000121. The van der Waals surface area contributed by atoms with Gasteiger partial charge in [-0.3, -0.25) is 14.6 Å². The second kappa shape index (κ2) is 15.0. The van der Waals surface area contributed by atoms with Crippen molar-refractivity contribution < 1.29 is 23.1 Å². The first-order valence-electron chi connectivity index (χ1n) is 15.2. The number of pyridine rings is 1. The molecule has 43 heavy (non-hydrogen) atoms. The van der Waals surface area contributed by atoms with Crippen molar-refractivity contribution in [1.82, 2.24) is 10.3 Å². The van der Waals surface area contributed by atoms with E-state index in [1.807, 2.05) is 59.7 Å². The summed E-state index contributed by atoms with van der Waals surface area (Å²) in [7, 11) is 0. The molecule has 7 nitrogen and oxygen atoms in total. The Hall–Kier alpha value is -3.85. The zero-order chi connectivity index (χ0) is 31.7. The van der Waals surface area contributed by atoms with E-state index in [4.69, 9.17) is 4.74 Å². The van der Waals surface area contributed by atoms with Crippen LogP contribution in [-0.2, 0) is 21.9 Å². The van der Waals surface area contributed by atoms with E-state index in [9.17, 15) is 18.4 Å². The number of hydrogen-bond donors (Lipinski definition) is 2. The molecule has 1 saturated heterocycles. The molecule has 0 radical (unpaired) electrons. The standard InChI is InChI=1S/C30H32F2N4O3.2C2H6/c1-4-33-29(38)24-13-20-7-6-19(14-25(20)36-11-12-39-17-26(24)36)23-16-22(8-5-18(23)2)35-28(37)21-9-10-34-27(15-21)30(3,31)32;2*1-2/h5-10,14-16,24,26H,4,11-13,17H2,1-3H3,(H,33,38)(H,35,37);2*1-2H3. The summed E-state index contributed by atoms with van der Waals surface area (Å²) in [5.41, 5.74) is 5.39. The van der Waals surface area contributed by atoms with Crippen LogP contribution in [-0.4, -0.2) is 49.1 Å². The molecule has 2 N–H and O–H groups in total. The van der Waals surface area contributed by atoms with Crippen LogP contribution in [0, 0.1) is 12.8 Å². The van der Waals surface area contributed by atoms with Crippen LogP contribution in [0.5, 0.6) is 0 Å². The van der Waals surface area contributed by atoms with Gasteiger partial charge in [0.25, 0.3) is 11.8 Å². The average Bonchev–Trinajstić information content (AvgIpc) is 3.03. The van der Waals surface area contributed by atoms with E-state index in [1.54, 1.807) is 6.07 Å². The summed E-state index contributed by atoms with van der Waals surface area (Å²) >= 11 is 0. The Bertz CT molecular complexity index is 1410. The first-order valence-corrected chi connectivity index (χ1v) is 15.2. The Morgan fingerprint density at radius 3 is 2.51 bits per heavy atom. The summed E-state index contributed by atoms with van der Waals surface area (Å²) in [4.78, 5) is 31.7. The number of morpholine rings is 1. The van der Waals surface area contributed by atoms with Gasteiger partial charge in [-0.05, 0) is 72.9 Å². The van der Waals surface area contributed by atoms with Gasteiger partial charge in [0.1, 0.15) is 5.69 Å². The number of rotatable bonds is 6. The Kier molecular flexibility index (Phi) is 11.8. The summed E-state index contributed by atoms with van der Waals surface area (Å²) in [6.45, 7) is 15.1. The van der Waals surface area contributed by atoms with Gasteiger partial charge in [0.15, 0.2) is 0 Å². The fourth-order valence-corrected chi connectivity index (χ4v) is 5.40. The number of carbonyl (C=O) groups excluding carboxylic acids is 2. The predicted octanol–water partition coefficient (Wildman–Crippen LogP) is 6.99. The molecule has 1 fully saturated rings. The molecule has 2 unspecified atom stereocenters. The third-order valence-electron chi connectivity index (χ3n) is 7.43. The number of halogens is 2. The number of carbonyl (C=O) groups is 2. The third-order valence-corrected chi connectivity index (χ3v) is 7.43. The number of nitrogens with one attached hydrogen (secondary N) is 2. The molecular formula is C34H44F2N4O3. The minimum absolute atomic E-state index is 0.0273. The van der Waals surface area contributed by atoms with E-state index in [-0.39, 0.29) is 23.4 Å². The summed E-state index contributed by atoms with van der Waals surface area (Å²) < 4.78 is 33.2. The largest absolute Gasteiger partial charge is 0.377 e. The normalized spacial score (nSPS) is 17.2. The van der Waals surface area contributed by atoms with E-state index in [1.165, 1.54) is 12.3 Å². The van der Waals surface area contributed by atoms with Gasteiger partial charge in [0, 0.05) is 43.1 Å². The number of aryl methyl sites for hydroxylation is 1. The number of anilines is 2. The topological polar surface area (TPSA) is 83.6 Å². The second-order valence-corrected chi connectivity index (χ2v) is 10.2. The summed E-state index contributed by atoms with van der Waals surface area (Å²) in [5.74, 6) is -3.75. The molecule has 3 aromatic rings. The fraction of sp³-hybridized carbons (Fsp3) is 0.441. The highest BCUT2D eigenvalue weighted by Crippen LogP contribution is 2.39. The van der Waals surface area contributed by atoms with Crippen molar-refractivity contribution in [1.29, 1.82) is 0 Å². The number of alkyl halides is 2. The molecule has 0 saturated carbocycles. The van der Waals surface area contributed by atoms with Gasteiger partial charge in [-0.1, -0.05) is 45.9 Å². The van der Waals surface area contributed by atoms with E-state index in [0.717, 1.165) is 40.9 Å². The van der Waals surface area contributed by atoms with Gasteiger partial charge >= 0.3 is 0 Å². The van der Waals surface area contributed by atoms with Gasteiger partial charge < -0.3 is 20.3 Å². The Morgan fingerprint density at radius 1 is 1.07 bits per heavy atom. The van der Waals surface area contributed by atoms with E-state index in [0.29, 0.717) is 38.4 Å². The first kappa shape index (κ1) is 33.6. The zero-order valence-corrected chi connectivity index (χ0v) is 26.3. The second-order valence-electron chi connectivity index (χ2n) is 10.2. The van der Waals surface area contributed by atoms with Crippen LogP contribution in [0.2, 0.25) is 0 Å². The molecule has 1 aromatic heterocycles. The number of amides is 2. The summed E-state index contributed by atoms with van der Waals surface area (Å²) in [5, 5.41) is 5.80. The number of fused-ring (bicyclic) bond motifs is 3. The van der Waals surface area contributed by atoms with E-state index < -0.39 is 17.5 Å². The van der Waals surface area contributed by atoms with Crippen LogP contribution in [0.25, 0.3) is 11.1 Å². The minimum Gasteiger partial charge on any atom is -0.377 e. The van der Waals surface area contributed by atoms with Crippen molar-refractivity contribution in [3.05, 3.63) is 77.1 Å². The highest BCUT2D eigenvalue weighted by molar-refractivity contribution is 6.04. The van der Waals surface area contributed by atoms with Crippen LogP contribution in [0.3, 0.4) is 0 Å². The molecule has 3 heterocycles. The van der Waals surface area contributed by atoms with E-state index >= 15 is 0 Å². The monoisotopic (exact) mass is 594 g/mol. The van der Waals surface area contributed by atoms with Gasteiger partial charge in [-0.2, -0.15) is 8.78 Å². The summed E-state index contributed by atoms with van der Waals surface area (Å²) in [6.07, 6.45) is 1.86. The molecule has 0 bridgehead atoms. The zero-order valence-electron chi connectivity index (χ0n) is 26.3. The van der Waals surface area contributed by atoms with E-state index in [2.05, 4.69) is 32.7 Å². The van der Waals surface area contributed by atoms with Crippen molar-refractivity contribution in [2.45, 2.75) is 66.9 Å². The molecule has 2 amide bonds. The minimum atomic E-state index is -3.14. The molecule has 232 valence electrons. The van der Waals surface area contributed by atoms with Crippen LogP contribution in [0.1, 0.15) is 68.7 Å². The van der Waals surface area contributed by atoms with Gasteiger partial charge in [0.2, 0.25) is 5.91 Å². The maximum Gasteiger partial charge on any atom is 0.286 e. The maximum absolute atomic E-state index is 13.7. The van der Waals surface area contributed by atoms with Crippen molar-refractivity contribution in [2.24, 2.45) is 5.92 Å². The molecular weight excluding hydrogens is 550 g/mol. The number of hydrogen-bond acceptors (Lipinski definition) is 5. The smallest absolute Gasteiger partial charge is 0.286 e. The lowest BCUT2D eigenvalue weighted by Crippen LogP contribution is -2.56. The van der Waals surface area contributed by atoms with Crippen LogP contribution >= 0.6 is 0 Å². The molecule has 5 rings (SSSR count). The molecule has 2 aliphatic rings. The van der Waals surface area contributed by atoms with Crippen molar-refractivity contribution in [3.63, 3.8) is 0 Å². The van der Waals surface area contributed by atoms with Crippen LogP contribution in [0.15, 0.2) is 54.7 Å². The molecule has 2 atom stereocenters. The predicted molar refractivity (Wildman–Crippen MR) is 169 cm³/mol. The summed E-state index contributed by atoms with van der Waals surface area (Å²) in [6, 6.07) is 14.4. The molecule has 0 spiro atoms. The quantitative estimate of drug-likeness (QED) is 0.322. The number of aromatic nitrogens is 1. The third kappa shape index (κ3) is 7.76. The number of nitrogens with zero attached hydrogens (tertiary/aromatic N) is 2. The molecule has 2 aliphatic heterocycles. The van der Waals surface area contributed by atoms with Gasteiger partial charge in [0.05, 0.1) is 25.2 Å². The SMILES string of the molecule is CC.CC.CCNC(=O)C1Cc2ccc(-c3cc(NC(=O)c4ccnc(C(C)(F)F)c4)ccc3C)cc2N2CCOCC12. The average molecular weight is 595 g/mol. The molecule has 2 aromatic carbocycles. The lowest BCUT2D eigenvalue weighted by Gasteiger charge is -2.45. The van der Waals surface area contributed by atoms with Crippen LogP contribution in [0.4, 0.5) is 20.2 Å². The first-order chi connectivity index (χ1) is 20.7. The highest BCUT2D eigenvalue weighted by Gasteiger charge is 2.40. The van der Waals surface area contributed by atoms with Gasteiger partial charge in [-0.25, -0.2) is 0 Å². The van der Waals surface area contributed by atoms with Crippen molar-refractivity contribution in [3.8, 4) is 11.1 Å². The maximum atomic E-state index is 13.7. The fourth-order valence-electron chi connectivity index (χ4n) is 5.40. The number of ether oxygens (including phenoxy) is 1. The number of benzene rings is 2. The molecule has 9 heteroatoms. The van der Waals surface area contributed by atoms with Crippen LogP contribution < -0.4 is 15.5 Å². The Labute approximate surface area is 254 Å². The lowest BCUT2D eigenvalue weighted by molar-refractivity contribution is -0.126.